The van der Waals surface area contributed by atoms with Gasteiger partial charge in [0.05, 0.1) is 17.5 Å². The maximum atomic E-state index is 12.4. The van der Waals surface area contributed by atoms with Gasteiger partial charge in [0.2, 0.25) is 5.43 Å². The normalized spacial score (nSPS) is 10.7. The van der Waals surface area contributed by atoms with Crippen molar-refractivity contribution in [3.8, 4) is 0 Å². The van der Waals surface area contributed by atoms with E-state index in [2.05, 4.69) is 27.6 Å². The van der Waals surface area contributed by atoms with Gasteiger partial charge in [0.15, 0.2) is 0 Å². The average molecular weight is 392 g/mol. The second kappa shape index (κ2) is 5.50. The number of nitrogens with one attached hydrogen (secondary N) is 1. The van der Waals surface area contributed by atoms with Crippen molar-refractivity contribution in [3.63, 3.8) is 0 Å². The predicted molar refractivity (Wildman–Crippen MR) is 83.0 cm³/mol. The summed E-state index contributed by atoms with van der Waals surface area (Å²) in [6, 6.07) is 1.78. The molecule has 6 heteroatoms. The van der Waals surface area contributed by atoms with E-state index in [0.29, 0.717) is 21.5 Å². The number of halogens is 2. The van der Waals surface area contributed by atoms with Crippen LogP contribution in [0.2, 0.25) is 5.02 Å². The van der Waals surface area contributed by atoms with Gasteiger partial charge in [0, 0.05) is 14.8 Å². The number of carbonyl (C=O) groups is 1. The molecule has 2 aromatic rings. The van der Waals surface area contributed by atoms with Crippen molar-refractivity contribution in [2.45, 2.75) is 13.8 Å². The van der Waals surface area contributed by atoms with Crippen molar-refractivity contribution in [1.82, 2.24) is 4.98 Å². The Morgan fingerprint density at radius 1 is 1.53 bits per heavy atom. The largest absolute Gasteiger partial charge is 0.462 e. The monoisotopic (exact) mass is 391 g/mol. The summed E-state index contributed by atoms with van der Waals surface area (Å²) in [6.45, 7) is 3.67. The molecule has 4 nitrogen and oxygen atoms in total. The quantitative estimate of drug-likeness (QED) is 0.631. The molecule has 1 heterocycles. The molecular formula is C13H11ClINO3. The van der Waals surface area contributed by atoms with E-state index in [1.807, 2.05) is 0 Å². The van der Waals surface area contributed by atoms with Crippen LogP contribution in [-0.2, 0) is 4.74 Å². The number of benzene rings is 1. The van der Waals surface area contributed by atoms with Gasteiger partial charge in [-0.15, -0.1) is 0 Å². The minimum Gasteiger partial charge on any atom is -0.462 e. The number of pyridine rings is 1. The Kier molecular flexibility index (Phi) is 4.15. The van der Waals surface area contributed by atoms with Crippen molar-refractivity contribution in [2.24, 2.45) is 0 Å². The van der Waals surface area contributed by atoms with Crippen LogP contribution < -0.4 is 5.43 Å². The van der Waals surface area contributed by atoms with Gasteiger partial charge in [-0.3, -0.25) is 4.79 Å². The molecule has 1 N–H and O–H groups in total. The molecule has 100 valence electrons. The molecule has 0 atom stereocenters. The second-order valence-corrected chi connectivity index (χ2v) is 5.54. The van der Waals surface area contributed by atoms with Crippen molar-refractivity contribution in [3.05, 3.63) is 42.2 Å². The standard InChI is InChI=1S/C13H11ClINO3/c1-3-19-13(18)7-5-16-11-9(15)4-8(14)6(2)10(11)12(7)17/h4-5H,3H2,1-2H3,(H,16,17). The number of carbonyl (C=O) groups excluding carboxylic acids is 1. The Labute approximate surface area is 128 Å². The number of hydrogen-bond donors (Lipinski definition) is 1. The Morgan fingerprint density at radius 2 is 2.21 bits per heavy atom. The Bertz CT molecular complexity index is 724. The van der Waals surface area contributed by atoms with Crippen molar-refractivity contribution >= 4 is 51.1 Å². The van der Waals surface area contributed by atoms with Gasteiger partial charge < -0.3 is 9.72 Å². The van der Waals surface area contributed by atoms with E-state index in [4.69, 9.17) is 16.3 Å². The van der Waals surface area contributed by atoms with Crippen LogP contribution in [0.15, 0.2) is 17.1 Å². The highest BCUT2D eigenvalue weighted by molar-refractivity contribution is 14.1. The third-order valence-corrected chi connectivity index (χ3v) is 4.05. The molecular weight excluding hydrogens is 381 g/mol. The fourth-order valence-electron chi connectivity index (χ4n) is 1.85. The fourth-order valence-corrected chi connectivity index (χ4v) is 2.97. The first-order valence-corrected chi connectivity index (χ1v) is 7.10. The van der Waals surface area contributed by atoms with E-state index in [-0.39, 0.29) is 17.6 Å². The van der Waals surface area contributed by atoms with Gasteiger partial charge in [-0.1, -0.05) is 11.6 Å². The summed E-state index contributed by atoms with van der Waals surface area (Å²) in [4.78, 5) is 27.1. The van der Waals surface area contributed by atoms with E-state index in [0.717, 1.165) is 3.57 Å². The van der Waals surface area contributed by atoms with E-state index in [1.165, 1.54) is 6.20 Å². The summed E-state index contributed by atoms with van der Waals surface area (Å²) >= 11 is 8.18. The maximum absolute atomic E-state index is 12.4. The van der Waals surface area contributed by atoms with Crippen LogP contribution in [0.4, 0.5) is 0 Å². The van der Waals surface area contributed by atoms with E-state index >= 15 is 0 Å². The first-order chi connectivity index (χ1) is 8.97. The van der Waals surface area contributed by atoms with Gasteiger partial charge in [-0.05, 0) is 48.1 Å². The lowest BCUT2D eigenvalue weighted by atomic mass is 10.1. The molecule has 0 radical (unpaired) electrons. The zero-order valence-electron chi connectivity index (χ0n) is 10.3. The lowest BCUT2D eigenvalue weighted by molar-refractivity contribution is 0.0524. The summed E-state index contributed by atoms with van der Waals surface area (Å²) in [5, 5.41) is 0.936. The molecule has 0 spiro atoms. The van der Waals surface area contributed by atoms with E-state index < -0.39 is 5.97 Å². The molecule has 0 aliphatic heterocycles. The van der Waals surface area contributed by atoms with E-state index in [1.54, 1.807) is 19.9 Å². The van der Waals surface area contributed by atoms with Gasteiger partial charge in [-0.2, -0.15) is 0 Å². The topological polar surface area (TPSA) is 59.2 Å². The fraction of sp³-hybridized carbons (Fsp3) is 0.231. The minimum absolute atomic E-state index is 0.00415. The molecule has 0 saturated carbocycles. The molecule has 1 aromatic heterocycles. The zero-order chi connectivity index (χ0) is 14.2. The van der Waals surface area contributed by atoms with Gasteiger partial charge in [0.25, 0.3) is 0 Å². The molecule has 0 unspecified atom stereocenters. The minimum atomic E-state index is -0.625. The average Bonchev–Trinajstić information content (AvgIpc) is 2.36. The number of fused-ring (bicyclic) bond motifs is 1. The van der Waals surface area contributed by atoms with Crippen LogP contribution >= 0.6 is 34.2 Å². The lowest BCUT2D eigenvalue weighted by Gasteiger charge is -2.08. The SMILES string of the molecule is CCOC(=O)c1c[nH]c2c(I)cc(Cl)c(C)c2c1=O. The molecule has 0 bridgehead atoms. The Morgan fingerprint density at radius 3 is 2.84 bits per heavy atom. The van der Waals surface area contributed by atoms with E-state index in [9.17, 15) is 9.59 Å². The van der Waals surface area contributed by atoms with Crippen molar-refractivity contribution in [2.75, 3.05) is 6.61 Å². The highest BCUT2D eigenvalue weighted by atomic mass is 127. The van der Waals surface area contributed by atoms with Crippen LogP contribution in [0.1, 0.15) is 22.8 Å². The number of aromatic amines is 1. The summed E-state index contributed by atoms with van der Waals surface area (Å²) in [7, 11) is 0. The molecule has 1 aromatic carbocycles. The highest BCUT2D eigenvalue weighted by Crippen LogP contribution is 2.26. The summed E-state index contributed by atoms with van der Waals surface area (Å²) < 4.78 is 5.69. The second-order valence-electron chi connectivity index (χ2n) is 3.97. The number of ether oxygens (including phenoxy) is 1. The van der Waals surface area contributed by atoms with Crippen LogP contribution in [0.5, 0.6) is 0 Å². The van der Waals surface area contributed by atoms with Crippen LogP contribution in [0.3, 0.4) is 0 Å². The summed E-state index contributed by atoms with van der Waals surface area (Å²) in [6.07, 6.45) is 1.39. The van der Waals surface area contributed by atoms with Gasteiger partial charge in [0.1, 0.15) is 5.56 Å². The third-order valence-electron chi connectivity index (χ3n) is 2.80. The maximum Gasteiger partial charge on any atom is 0.343 e. The number of rotatable bonds is 2. The van der Waals surface area contributed by atoms with Crippen molar-refractivity contribution < 1.29 is 9.53 Å². The van der Waals surface area contributed by atoms with Gasteiger partial charge in [-0.25, -0.2) is 4.79 Å². The smallest absolute Gasteiger partial charge is 0.343 e. The number of hydrogen-bond acceptors (Lipinski definition) is 3. The van der Waals surface area contributed by atoms with Crippen LogP contribution in [-0.4, -0.2) is 17.6 Å². The zero-order valence-corrected chi connectivity index (χ0v) is 13.3. The molecule has 0 saturated heterocycles. The molecule has 0 amide bonds. The summed E-state index contributed by atoms with van der Waals surface area (Å²) in [5.74, 6) is -0.625. The van der Waals surface area contributed by atoms with Crippen LogP contribution in [0.25, 0.3) is 10.9 Å². The van der Waals surface area contributed by atoms with Gasteiger partial charge >= 0.3 is 5.97 Å². The molecule has 0 aliphatic rings. The first kappa shape index (κ1) is 14.3. The van der Waals surface area contributed by atoms with Crippen LogP contribution in [0, 0.1) is 10.5 Å². The number of H-pyrrole nitrogens is 1. The molecule has 2 rings (SSSR count). The summed E-state index contributed by atoms with van der Waals surface area (Å²) in [5.41, 5.74) is 0.977. The van der Waals surface area contributed by atoms with Crippen molar-refractivity contribution in [1.29, 1.82) is 0 Å². The highest BCUT2D eigenvalue weighted by Gasteiger charge is 2.17. The number of esters is 1. The number of aryl methyl sites for hydroxylation is 1. The molecule has 0 aliphatic carbocycles. The Balaban J connectivity index is 2.82. The molecule has 0 fully saturated rings. The third kappa shape index (κ3) is 2.49. The first-order valence-electron chi connectivity index (χ1n) is 5.64. The number of aromatic nitrogens is 1. The Hall–Kier alpha value is -1.08. The molecule has 19 heavy (non-hydrogen) atoms. The predicted octanol–water partition coefficient (Wildman–Crippen LogP) is 3.27. The lowest BCUT2D eigenvalue weighted by Crippen LogP contribution is -2.19.